The second-order valence-electron chi connectivity index (χ2n) is 3.11. The van der Waals surface area contributed by atoms with E-state index < -0.39 is 6.10 Å². The average Bonchev–Trinajstić information content (AvgIpc) is 2.14. The molecule has 0 fully saturated rings. The van der Waals surface area contributed by atoms with Crippen molar-refractivity contribution < 1.29 is 5.11 Å². The van der Waals surface area contributed by atoms with Crippen molar-refractivity contribution in [3.63, 3.8) is 0 Å². The molecule has 1 rings (SSSR count). The van der Waals surface area contributed by atoms with E-state index in [1.165, 1.54) is 0 Å². The summed E-state index contributed by atoms with van der Waals surface area (Å²) in [7, 11) is 0. The summed E-state index contributed by atoms with van der Waals surface area (Å²) in [5.74, 6) is 0. The zero-order valence-corrected chi connectivity index (χ0v) is 9.22. The van der Waals surface area contributed by atoms with Crippen LogP contribution >= 0.6 is 23.2 Å². The van der Waals surface area contributed by atoms with Crippen molar-refractivity contribution in [2.45, 2.75) is 18.9 Å². The van der Waals surface area contributed by atoms with Crippen molar-refractivity contribution in [1.29, 1.82) is 0 Å². The van der Waals surface area contributed by atoms with Crippen LogP contribution in [0.5, 0.6) is 0 Å². The predicted octanol–water partition coefficient (Wildman–Crippen LogP) is 2.77. The first kappa shape index (κ1) is 11.8. The molecule has 1 aromatic rings. The van der Waals surface area contributed by atoms with Crippen molar-refractivity contribution >= 4 is 23.2 Å². The molecule has 0 heterocycles. The lowest BCUT2D eigenvalue weighted by molar-refractivity contribution is 0.165. The fourth-order valence-electron chi connectivity index (χ4n) is 1.24. The molecule has 14 heavy (non-hydrogen) atoms. The lowest BCUT2D eigenvalue weighted by Crippen LogP contribution is -2.04. The van der Waals surface area contributed by atoms with Crippen LogP contribution in [-0.2, 0) is 0 Å². The number of benzene rings is 1. The monoisotopic (exact) mass is 233 g/mol. The number of halogens is 2. The standard InChI is InChI=1S/C10H13Cl2NO/c11-7-3-4-8(9(12)6-7)10(14)2-1-5-13/h3-4,6,10,14H,1-2,5,13H2. The molecule has 1 unspecified atom stereocenters. The summed E-state index contributed by atoms with van der Waals surface area (Å²) in [6, 6.07) is 5.09. The van der Waals surface area contributed by atoms with Crippen LogP contribution in [0.4, 0.5) is 0 Å². The summed E-state index contributed by atoms with van der Waals surface area (Å²) >= 11 is 11.7. The topological polar surface area (TPSA) is 46.2 Å². The Morgan fingerprint density at radius 2 is 2.07 bits per heavy atom. The average molecular weight is 234 g/mol. The van der Waals surface area contributed by atoms with Gasteiger partial charge in [-0.1, -0.05) is 29.3 Å². The molecule has 78 valence electrons. The Kier molecular flexibility index (Phi) is 4.69. The van der Waals surface area contributed by atoms with E-state index in [1.54, 1.807) is 18.2 Å². The molecule has 3 N–H and O–H groups in total. The third-order valence-electron chi connectivity index (χ3n) is 2.00. The van der Waals surface area contributed by atoms with Crippen LogP contribution in [0.2, 0.25) is 10.0 Å². The summed E-state index contributed by atoms with van der Waals surface area (Å²) in [4.78, 5) is 0. The summed E-state index contributed by atoms with van der Waals surface area (Å²) in [6.07, 6.45) is 0.848. The van der Waals surface area contributed by atoms with Gasteiger partial charge in [-0.05, 0) is 37.1 Å². The van der Waals surface area contributed by atoms with Gasteiger partial charge in [-0.15, -0.1) is 0 Å². The maximum absolute atomic E-state index is 9.74. The second kappa shape index (κ2) is 5.56. The maximum atomic E-state index is 9.74. The summed E-state index contributed by atoms with van der Waals surface area (Å²) in [6.45, 7) is 0.572. The van der Waals surface area contributed by atoms with Gasteiger partial charge in [0.1, 0.15) is 0 Å². The number of rotatable bonds is 4. The molecule has 0 saturated carbocycles. The Morgan fingerprint density at radius 1 is 1.36 bits per heavy atom. The van der Waals surface area contributed by atoms with Crippen molar-refractivity contribution in [2.24, 2.45) is 5.73 Å². The minimum atomic E-state index is -0.552. The highest BCUT2D eigenvalue weighted by Crippen LogP contribution is 2.28. The normalized spacial score (nSPS) is 12.9. The van der Waals surface area contributed by atoms with Crippen LogP contribution < -0.4 is 5.73 Å². The molecule has 1 atom stereocenters. The van der Waals surface area contributed by atoms with Crippen molar-refractivity contribution in [1.82, 2.24) is 0 Å². The number of nitrogens with two attached hydrogens (primary N) is 1. The molecule has 0 amide bonds. The number of aliphatic hydroxyl groups excluding tert-OH is 1. The maximum Gasteiger partial charge on any atom is 0.0804 e. The van der Waals surface area contributed by atoms with Crippen molar-refractivity contribution in [3.05, 3.63) is 33.8 Å². The Hall–Kier alpha value is -0.280. The summed E-state index contributed by atoms with van der Waals surface area (Å²) in [5.41, 5.74) is 6.06. The Morgan fingerprint density at radius 3 is 2.64 bits per heavy atom. The molecule has 0 aliphatic rings. The molecular formula is C10H13Cl2NO. The number of hydrogen-bond acceptors (Lipinski definition) is 2. The van der Waals surface area contributed by atoms with E-state index in [0.29, 0.717) is 28.6 Å². The van der Waals surface area contributed by atoms with Gasteiger partial charge in [0.05, 0.1) is 6.10 Å². The van der Waals surface area contributed by atoms with Gasteiger partial charge in [0.2, 0.25) is 0 Å². The molecule has 0 aliphatic heterocycles. The largest absolute Gasteiger partial charge is 0.388 e. The molecule has 1 aromatic carbocycles. The highest BCUT2D eigenvalue weighted by Gasteiger charge is 2.10. The molecule has 2 nitrogen and oxygen atoms in total. The lowest BCUT2D eigenvalue weighted by Gasteiger charge is -2.12. The van der Waals surface area contributed by atoms with E-state index >= 15 is 0 Å². The lowest BCUT2D eigenvalue weighted by atomic mass is 10.1. The minimum absolute atomic E-state index is 0.502. The third kappa shape index (κ3) is 3.14. The molecule has 0 aromatic heterocycles. The predicted molar refractivity (Wildman–Crippen MR) is 59.7 cm³/mol. The van der Waals surface area contributed by atoms with Gasteiger partial charge >= 0.3 is 0 Å². The molecule has 0 saturated heterocycles. The van der Waals surface area contributed by atoms with E-state index in [2.05, 4.69) is 0 Å². The fraction of sp³-hybridized carbons (Fsp3) is 0.400. The minimum Gasteiger partial charge on any atom is -0.388 e. The first-order valence-electron chi connectivity index (χ1n) is 4.48. The molecule has 0 bridgehead atoms. The Labute approximate surface area is 93.6 Å². The SMILES string of the molecule is NCCCC(O)c1ccc(Cl)cc1Cl. The first-order valence-corrected chi connectivity index (χ1v) is 5.24. The second-order valence-corrected chi connectivity index (χ2v) is 3.96. The number of aliphatic hydroxyl groups is 1. The highest BCUT2D eigenvalue weighted by atomic mass is 35.5. The van der Waals surface area contributed by atoms with E-state index in [4.69, 9.17) is 28.9 Å². The van der Waals surface area contributed by atoms with Gasteiger partial charge in [0.25, 0.3) is 0 Å². The Balaban J connectivity index is 2.74. The van der Waals surface area contributed by atoms with E-state index in [1.807, 2.05) is 0 Å². The molecular weight excluding hydrogens is 221 g/mol. The molecule has 0 spiro atoms. The van der Waals surface area contributed by atoms with Crippen LogP contribution in [0, 0.1) is 0 Å². The summed E-state index contributed by atoms with van der Waals surface area (Å²) in [5, 5.41) is 10.8. The zero-order chi connectivity index (χ0) is 10.6. The molecule has 0 radical (unpaired) electrons. The van der Waals surface area contributed by atoms with Crippen LogP contribution in [0.1, 0.15) is 24.5 Å². The van der Waals surface area contributed by atoms with Crippen molar-refractivity contribution in [2.75, 3.05) is 6.54 Å². The number of hydrogen-bond donors (Lipinski definition) is 2. The summed E-state index contributed by atoms with van der Waals surface area (Å²) < 4.78 is 0. The zero-order valence-electron chi connectivity index (χ0n) is 7.71. The first-order chi connectivity index (χ1) is 6.65. The van der Waals surface area contributed by atoms with Gasteiger partial charge in [0, 0.05) is 10.0 Å². The third-order valence-corrected chi connectivity index (χ3v) is 2.57. The van der Waals surface area contributed by atoms with E-state index in [9.17, 15) is 5.11 Å². The van der Waals surface area contributed by atoms with E-state index in [-0.39, 0.29) is 0 Å². The fourth-order valence-corrected chi connectivity index (χ4v) is 1.77. The van der Waals surface area contributed by atoms with Gasteiger partial charge < -0.3 is 10.8 Å². The van der Waals surface area contributed by atoms with Crippen LogP contribution in [0.15, 0.2) is 18.2 Å². The van der Waals surface area contributed by atoms with Crippen molar-refractivity contribution in [3.8, 4) is 0 Å². The highest BCUT2D eigenvalue weighted by molar-refractivity contribution is 6.35. The van der Waals surface area contributed by atoms with Crippen LogP contribution in [-0.4, -0.2) is 11.7 Å². The van der Waals surface area contributed by atoms with Crippen LogP contribution in [0.25, 0.3) is 0 Å². The van der Waals surface area contributed by atoms with Crippen LogP contribution in [0.3, 0.4) is 0 Å². The smallest absolute Gasteiger partial charge is 0.0804 e. The Bertz CT molecular complexity index is 304. The van der Waals surface area contributed by atoms with Gasteiger partial charge in [0.15, 0.2) is 0 Å². The van der Waals surface area contributed by atoms with Gasteiger partial charge in [-0.2, -0.15) is 0 Å². The molecule has 0 aliphatic carbocycles. The van der Waals surface area contributed by atoms with Gasteiger partial charge in [-0.3, -0.25) is 0 Å². The molecule has 4 heteroatoms. The quantitative estimate of drug-likeness (QED) is 0.841. The van der Waals surface area contributed by atoms with Gasteiger partial charge in [-0.25, -0.2) is 0 Å². The van der Waals surface area contributed by atoms with E-state index in [0.717, 1.165) is 6.42 Å².